The second-order valence-electron chi connectivity index (χ2n) is 6.27. The van der Waals surface area contributed by atoms with Crippen LogP contribution in [0.25, 0.3) is 0 Å². The van der Waals surface area contributed by atoms with Crippen molar-refractivity contribution in [2.45, 2.75) is 39.2 Å². The Morgan fingerprint density at radius 3 is 2.10 bits per heavy atom. The van der Waals surface area contributed by atoms with Crippen molar-refractivity contribution in [1.82, 2.24) is 4.90 Å². The molecular formula is C16H32N2O2. The van der Waals surface area contributed by atoms with Gasteiger partial charge in [0.15, 0.2) is 0 Å². The van der Waals surface area contributed by atoms with Crippen LogP contribution in [0.2, 0.25) is 0 Å². The van der Waals surface area contributed by atoms with Crippen molar-refractivity contribution in [3.05, 3.63) is 0 Å². The predicted octanol–water partition coefficient (Wildman–Crippen LogP) is 1.73. The summed E-state index contributed by atoms with van der Waals surface area (Å²) >= 11 is 0. The van der Waals surface area contributed by atoms with Gasteiger partial charge in [-0.1, -0.05) is 0 Å². The average molecular weight is 284 g/mol. The van der Waals surface area contributed by atoms with Gasteiger partial charge >= 0.3 is 0 Å². The Morgan fingerprint density at radius 2 is 1.60 bits per heavy atom. The fourth-order valence-corrected chi connectivity index (χ4v) is 3.99. The molecule has 2 aliphatic carbocycles. The third-order valence-corrected chi connectivity index (χ3v) is 5.14. The summed E-state index contributed by atoms with van der Waals surface area (Å²) < 4.78 is 11.0. The molecule has 118 valence electrons. The van der Waals surface area contributed by atoms with E-state index in [1.54, 1.807) is 0 Å². The molecule has 4 unspecified atom stereocenters. The highest BCUT2D eigenvalue weighted by atomic mass is 16.5. The summed E-state index contributed by atoms with van der Waals surface area (Å²) in [7, 11) is 0. The minimum Gasteiger partial charge on any atom is -0.380 e. The van der Waals surface area contributed by atoms with Gasteiger partial charge in [-0.3, -0.25) is 4.90 Å². The van der Waals surface area contributed by atoms with E-state index in [1.165, 1.54) is 19.3 Å². The maximum Gasteiger partial charge on any atom is 0.0593 e. The van der Waals surface area contributed by atoms with E-state index in [-0.39, 0.29) is 0 Å². The summed E-state index contributed by atoms with van der Waals surface area (Å²) in [5, 5.41) is 0. The normalized spacial score (nSPS) is 32.4. The van der Waals surface area contributed by atoms with Gasteiger partial charge in [0.25, 0.3) is 0 Å². The molecule has 0 aromatic heterocycles. The molecule has 2 N–H and O–H groups in total. The molecule has 20 heavy (non-hydrogen) atoms. The molecule has 2 rings (SSSR count). The van der Waals surface area contributed by atoms with Crippen LogP contribution in [-0.4, -0.2) is 57.0 Å². The average Bonchev–Trinajstić information content (AvgIpc) is 3.02. The van der Waals surface area contributed by atoms with Gasteiger partial charge in [-0.05, 0) is 50.9 Å². The van der Waals surface area contributed by atoms with E-state index in [1.807, 2.05) is 0 Å². The van der Waals surface area contributed by atoms with Crippen molar-refractivity contribution >= 4 is 0 Å². The highest BCUT2D eigenvalue weighted by molar-refractivity contribution is 4.99. The molecule has 4 atom stereocenters. The lowest BCUT2D eigenvalue weighted by Gasteiger charge is -2.33. The van der Waals surface area contributed by atoms with Crippen molar-refractivity contribution < 1.29 is 9.47 Å². The first-order valence-electron chi connectivity index (χ1n) is 8.39. The van der Waals surface area contributed by atoms with Crippen LogP contribution in [0.1, 0.15) is 33.1 Å². The second-order valence-corrected chi connectivity index (χ2v) is 6.27. The number of hydrogen-bond donors (Lipinski definition) is 1. The molecule has 0 radical (unpaired) electrons. The highest BCUT2D eigenvalue weighted by Gasteiger charge is 2.45. The van der Waals surface area contributed by atoms with Crippen LogP contribution in [0.4, 0.5) is 0 Å². The maximum absolute atomic E-state index is 6.43. The molecule has 0 heterocycles. The molecular weight excluding hydrogens is 252 g/mol. The van der Waals surface area contributed by atoms with E-state index in [2.05, 4.69) is 18.7 Å². The topological polar surface area (TPSA) is 47.7 Å². The predicted molar refractivity (Wildman–Crippen MR) is 81.7 cm³/mol. The van der Waals surface area contributed by atoms with Gasteiger partial charge < -0.3 is 15.2 Å². The van der Waals surface area contributed by atoms with Gasteiger partial charge in [0.05, 0.1) is 13.2 Å². The lowest BCUT2D eigenvalue weighted by molar-refractivity contribution is 0.0678. The summed E-state index contributed by atoms with van der Waals surface area (Å²) in [6, 6.07) is 0.426. The van der Waals surface area contributed by atoms with Crippen LogP contribution in [0.3, 0.4) is 0 Å². The van der Waals surface area contributed by atoms with E-state index in [0.717, 1.165) is 57.9 Å². The molecule has 0 aromatic rings. The van der Waals surface area contributed by atoms with E-state index in [9.17, 15) is 0 Å². The highest BCUT2D eigenvalue weighted by Crippen LogP contribution is 2.47. The van der Waals surface area contributed by atoms with Crippen LogP contribution in [0.5, 0.6) is 0 Å². The van der Waals surface area contributed by atoms with Gasteiger partial charge in [-0.2, -0.15) is 0 Å². The number of rotatable bonds is 10. The molecule has 2 saturated carbocycles. The van der Waals surface area contributed by atoms with E-state index in [0.29, 0.717) is 12.0 Å². The third-order valence-electron chi connectivity index (χ3n) is 5.14. The zero-order chi connectivity index (χ0) is 14.4. The van der Waals surface area contributed by atoms with Crippen LogP contribution in [0.15, 0.2) is 0 Å². The zero-order valence-electron chi connectivity index (χ0n) is 13.2. The number of nitrogens with two attached hydrogens (primary N) is 1. The number of nitrogens with zero attached hydrogens (tertiary/aromatic N) is 1. The first-order valence-corrected chi connectivity index (χ1v) is 8.39. The van der Waals surface area contributed by atoms with Gasteiger partial charge in [-0.25, -0.2) is 0 Å². The first kappa shape index (κ1) is 16.2. The van der Waals surface area contributed by atoms with Gasteiger partial charge in [0, 0.05) is 38.9 Å². The van der Waals surface area contributed by atoms with Crippen molar-refractivity contribution in [3.8, 4) is 0 Å². The Bertz CT molecular complexity index is 263. The number of hydrogen-bond acceptors (Lipinski definition) is 4. The van der Waals surface area contributed by atoms with Gasteiger partial charge in [0.1, 0.15) is 0 Å². The Kier molecular flexibility index (Phi) is 6.75. The minimum absolute atomic E-state index is 0.426. The van der Waals surface area contributed by atoms with Crippen LogP contribution in [0, 0.1) is 17.8 Å². The van der Waals surface area contributed by atoms with Crippen molar-refractivity contribution in [1.29, 1.82) is 0 Å². The minimum atomic E-state index is 0.426. The quantitative estimate of drug-likeness (QED) is 0.621. The summed E-state index contributed by atoms with van der Waals surface area (Å²) in [4.78, 5) is 2.50. The number of fused-ring (bicyclic) bond motifs is 2. The SMILES string of the molecule is CCOCCN(CCOCC)CC1C2CCC(C2)C1N. The zero-order valence-corrected chi connectivity index (χ0v) is 13.2. The van der Waals surface area contributed by atoms with E-state index in [4.69, 9.17) is 15.2 Å². The Labute approximate surface area is 124 Å². The summed E-state index contributed by atoms with van der Waals surface area (Å²) in [6.45, 7) is 10.5. The smallest absolute Gasteiger partial charge is 0.0593 e. The summed E-state index contributed by atoms with van der Waals surface area (Å²) in [5.41, 5.74) is 6.43. The fourth-order valence-electron chi connectivity index (χ4n) is 3.99. The molecule has 0 spiro atoms. The van der Waals surface area contributed by atoms with Crippen molar-refractivity contribution in [2.24, 2.45) is 23.5 Å². The molecule has 4 nitrogen and oxygen atoms in total. The molecule has 4 heteroatoms. The summed E-state index contributed by atoms with van der Waals surface area (Å²) in [6.07, 6.45) is 4.13. The lowest BCUT2D eigenvalue weighted by Crippen LogP contribution is -2.44. The molecule has 0 saturated heterocycles. The van der Waals surface area contributed by atoms with Crippen LogP contribution >= 0.6 is 0 Å². The second kappa shape index (κ2) is 8.32. The fraction of sp³-hybridized carbons (Fsp3) is 1.00. The number of ether oxygens (including phenoxy) is 2. The standard InChI is InChI=1S/C16H32N2O2/c1-3-19-9-7-18(8-10-20-4-2)12-15-13-5-6-14(11-13)16(15)17/h13-16H,3-12,17H2,1-2H3. The molecule has 2 aliphatic rings. The maximum atomic E-state index is 6.43. The van der Waals surface area contributed by atoms with Gasteiger partial charge in [0.2, 0.25) is 0 Å². The van der Waals surface area contributed by atoms with Crippen molar-refractivity contribution in [2.75, 3.05) is 46.1 Å². The first-order chi connectivity index (χ1) is 9.76. The monoisotopic (exact) mass is 284 g/mol. The molecule has 2 bridgehead atoms. The van der Waals surface area contributed by atoms with E-state index < -0.39 is 0 Å². The molecule has 0 aliphatic heterocycles. The Hall–Kier alpha value is -0.160. The Morgan fingerprint density at radius 1 is 1.00 bits per heavy atom. The van der Waals surface area contributed by atoms with Crippen LogP contribution in [-0.2, 0) is 9.47 Å². The van der Waals surface area contributed by atoms with Crippen molar-refractivity contribution in [3.63, 3.8) is 0 Å². The molecule has 2 fully saturated rings. The lowest BCUT2D eigenvalue weighted by atomic mass is 9.84. The van der Waals surface area contributed by atoms with Gasteiger partial charge in [-0.15, -0.1) is 0 Å². The molecule has 0 amide bonds. The van der Waals surface area contributed by atoms with E-state index >= 15 is 0 Å². The largest absolute Gasteiger partial charge is 0.380 e. The Balaban J connectivity index is 1.79. The third kappa shape index (κ3) is 4.17. The molecule has 0 aromatic carbocycles. The summed E-state index contributed by atoms with van der Waals surface area (Å²) in [5.74, 6) is 2.36. The van der Waals surface area contributed by atoms with Crippen LogP contribution < -0.4 is 5.73 Å².